The van der Waals surface area contributed by atoms with Crippen molar-refractivity contribution in [3.05, 3.63) is 119 Å². The summed E-state index contributed by atoms with van der Waals surface area (Å²) in [6, 6.07) is 0. The van der Waals surface area contributed by atoms with E-state index in [4.69, 9.17) is 0 Å². The van der Waals surface area contributed by atoms with Gasteiger partial charge < -0.3 is 19.0 Å². The quantitative estimate of drug-likeness (QED) is 0.144. The van der Waals surface area contributed by atoms with Gasteiger partial charge in [-0.05, 0) is 120 Å². The van der Waals surface area contributed by atoms with Gasteiger partial charge in [-0.1, -0.05) is 70.4 Å². The van der Waals surface area contributed by atoms with Crippen LogP contribution in [0.2, 0.25) is 0 Å². The Bertz CT molecular complexity index is 1920. The maximum atomic E-state index is 4.60. The molecule has 2 N–H and O–H groups in total. The van der Waals surface area contributed by atoms with E-state index in [-0.39, 0.29) is 0 Å². The van der Waals surface area contributed by atoms with Gasteiger partial charge in [-0.3, -0.25) is 9.98 Å². The molecule has 67 heavy (non-hydrogen) atoms. The van der Waals surface area contributed by atoms with Crippen LogP contribution in [-0.4, -0.2) is 81.2 Å². The molecular weight excluding hydrogens is 925 g/mol. The van der Waals surface area contributed by atoms with Crippen LogP contribution in [0.25, 0.3) is 0 Å². The molecule has 22 heteroatoms. The standard InChI is InChI=1S/C5H7N.2C4H6N2O.3C4H6N2S.2C4H6N2.C4H5NS.4C2H6/c1-5-3-2-4-6-5;2*1-3-4(2)7-6-5-3;1-3-5-6-4(2)7-3;2*1-3-4(2)7-6-5-3;1-4-2-5-3-6-4;2*1-4-5-2-3-6-4;4*1-2/h3-4H,2H2,1H3;5*1-2H3;2*2-3H,1H3,(H,5,6);2-3H,1H3;4*1-2H3. The van der Waals surface area contributed by atoms with E-state index in [0.29, 0.717) is 0 Å². The molecule has 0 fully saturated rings. The van der Waals surface area contributed by atoms with Crippen molar-refractivity contribution in [2.75, 3.05) is 0 Å². The number of nitrogens with zero attached hydrogens (tertiary/aromatic N) is 14. The molecule has 18 nitrogen and oxygen atoms in total. The third-order valence-electron chi connectivity index (χ3n) is 6.78. The number of rotatable bonds is 0. The summed E-state index contributed by atoms with van der Waals surface area (Å²) < 4.78 is 16.6. The molecule has 0 bridgehead atoms. The molecule has 0 atom stereocenters. The van der Waals surface area contributed by atoms with Crippen LogP contribution in [0, 0.1) is 90.0 Å². The second-order valence-electron chi connectivity index (χ2n) is 11.9. The molecule has 0 aromatic carbocycles. The number of imidazole rings is 2. The molecule has 9 heterocycles. The van der Waals surface area contributed by atoms with Gasteiger partial charge in [-0.25, -0.2) is 9.97 Å². The lowest BCUT2D eigenvalue weighted by Gasteiger charge is -1.74. The number of aromatic nitrogens is 15. The van der Waals surface area contributed by atoms with Gasteiger partial charge in [0.15, 0.2) is 11.5 Å². The summed E-state index contributed by atoms with van der Waals surface area (Å²) in [5.74, 6) is 2.55. The molecule has 9 rings (SSSR count). The summed E-state index contributed by atoms with van der Waals surface area (Å²) in [4.78, 5) is 23.7. The average molecular weight is 1000 g/mol. The van der Waals surface area contributed by atoms with E-state index in [2.05, 4.69) is 95.1 Å². The molecule has 0 aliphatic carbocycles. The van der Waals surface area contributed by atoms with Crippen LogP contribution in [-0.2, 0) is 0 Å². The lowest BCUT2D eigenvalue weighted by molar-refractivity contribution is 0.373. The predicted molar refractivity (Wildman–Crippen MR) is 281 cm³/mol. The van der Waals surface area contributed by atoms with Gasteiger partial charge in [0.2, 0.25) is 0 Å². The summed E-state index contributed by atoms with van der Waals surface area (Å²) in [5, 5.41) is 34.1. The Balaban J connectivity index is -0.000000327. The van der Waals surface area contributed by atoms with Crippen LogP contribution in [0.1, 0.15) is 139 Å². The maximum Gasteiger partial charge on any atom is 0.156 e. The number of H-pyrrole nitrogens is 2. The largest absolute Gasteiger partial charge is 0.349 e. The maximum absolute atomic E-state index is 4.60. The summed E-state index contributed by atoms with van der Waals surface area (Å²) in [5.41, 5.74) is 6.07. The van der Waals surface area contributed by atoms with Crippen LogP contribution in [0.15, 0.2) is 62.3 Å². The Morgan fingerprint density at radius 1 is 0.537 bits per heavy atom. The average Bonchev–Trinajstić information content (AvgIpc) is 4.18. The van der Waals surface area contributed by atoms with E-state index in [9.17, 15) is 0 Å². The first kappa shape index (κ1) is 68.0. The number of aryl methyl sites for hydroxylation is 13. The van der Waals surface area contributed by atoms with Gasteiger partial charge >= 0.3 is 0 Å². The molecule has 0 radical (unpaired) electrons. The molecule has 0 unspecified atom stereocenters. The lowest BCUT2D eigenvalue weighted by Crippen LogP contribution is -1.70. The lowest BCUT2D eigenvalue weighted by atomic mass is 10.4. The summed E-state index contributed by atoms with van der Waals surface area (Å²) in [6.07, 6.45) is 13.8. The normalized spacial score (nSPS) is 9.31. The van der Waals surface area contributed by atoms with Crippen molar-refractivity contribution in [2.45, 2.75) is 159 Å². The third-order valence-corrected chi connectivity index (χ3v) is 9.70. The number of thiazole rings is 1. The fourth-order valence-corrected chi connectivity index (χ4v) is 4.90. The molecular formula is C45H78N16O2S4. The SMILES string of the molecule is CC.CC.CC.CC.CC1=CCC=N1.Cc1cnc[nH]1.Cc1ncc[nH]1.Cc1nccs1.Cc1nnc(C)s1.Cc1nnoc1C.Cc1nnoc1C.Cc1nnsc1C.Cc1nnsc1C. The van der Waals surface area contributed by atoms with Gasteiger partial charge in [-0.15, -0.1) is 53.3 Å². The van der Waals surface area contributed by atoms with Crippen LogP contribution >= 0.6 is 45.7 Å². The number of aliphatic imine (C=N–C) groups is 1. The van der Waals surface area contributed by atoms with Crippen LogP contribution in [0.5, 0.6) is 0 Å². The fraction of sp³-hybridized carbons (Fsp3) is 0.511. The minimum absolute atomic E-state index is 0.792. The van der Waals surface area contributed by atoms with Gasteiger partial charge in [0.1, 0.15) is 27.2 Å². The Labute approximate surface area is 416 Å². The van der Waals surface area contributed by atoms with Crippen LogP contribution < -0.4 is 0 Å². The monoisotopic (exact) mass is 1000 g/mol. The topological polar surface area (TPSA) is 238 Å². The number of aromatic amines is 2. The molecule has 0 spiro atoms. The van der Waals surface area contributed by atoms with Crippen molar-refractivity contribution < 1.29 is 9.05 Å². The number of hydrogen-bond donors (Lipinski definition) is 2. The Morgan fingerprint density at radius 2 is 1.03 bits per heavy atom. The first-order valence-corrected chi connectivity index (χ1v) is 25.1. The number of hydrogen-bond acceptors (Lipinski definition) is 20. The van der Waals surface area contributed by atoms with Gasteiger partial charge in [-0.2, -0.15) is 0 Å². The van der Waals surface area contributed by atoms with Crippen molar-refractivity contribution >= 4 is 52.0 Å². The zero-order valence-corrected chi connectivity index (χ0v) is 47.3. The van der Waals surface area contributed by atoms with Crippen LogP contribution in [0.4, 0.5) is 0 Å². The van der Waals surface area contributed by atoms with E-state index < -0.39 is 0 Å². The summed E-state index contributed by atoms with van der Waals surface area (Å²) in [7, 11) is 0. The summed E-state index contributed by atoms with van der Waals surface area (Å²) in [6.45, 7) is 43.1. The minimum Gasteiger partial charge on any atom is -0.349 e. The Hall–Kier alpha value is -5.58. The highest BCUT2D eigenvalue weighted by molar-refractivity contribution is 7.11. The van der Waals surface area contributed by atoms with E-state index in [1.54, 1.807) is 53.8 Å². The van der Waals surface area contributed by atoms with E-state index >= 15 is 0 Å². The second-order valence-corrected chi connectivity index (χ2v) is 16.3. The molecule has 0 amide bonds. The van der Waals surface area contributed by atoms with E-state index in [1.807, 2.05) is 164 Å². The number of allylic oxidation sites excluding steroid dienone is 2. The van der Waals surface area contributed by atoms with Gasteiger partial charge in [0, 0.05) is 74.5 Å². The first-order valence-electron chi connectivity index (χ1n) is 21.8. The van der Waals surface area contributed by atoms with Crippen molar-refractivity contribution in [1.29, 1.82) is 0 Å². The summed E-state index contributed by atoms with van der Waals surface area (Å²) >= 11 is 6.17. The smallest absolute Gasteiger partial charge is 0.156 e. The van der Waals surface area contributed by atoms with Gasteiger partial charge in [0.05, 0.1) is 22.7 Å². The zero-order chi connectivity index (χ0) is 52.0. The molecule has 8 aromatic rings. The molecule has 1 aliphatic rings. The molecule has 8 aromatic heterocycles. The first-order chi connectivity index (χ1) is 32.1. The predicted octanol–water partition coefficient (Wildman–Crippen LogP) is 13.2. The van der Waals surface area contributed by atoms with E-state index in [1.165, 1.54) is 32.8 Å². The van der Waals surface area contributed by atoms with Gasteiger partial charge in [0.25, 0.3) is 0 Å². The fourth-order valence-electron chi connectivity index (χ4n) is 2.95. The zero-order valence-electron chi connectivity index (χ0n) is 44.0. The van der Waals surface area contributed by atoms with Crippen molar-refractivity contribution in [1.82, 2.24) is 75.0 Å². The molecule has 0 saturated carbocycles. The molecule has 374 valence electrons. The molecule has 1 aliphatic heterocycles. The van der Waals surface area contributed by atoms with Crippen molar-refractivity contribution in [3.8, 4) is 0 Å². The van der Waals surface area contributed by atoms with Crippen molar-refractivity contribution in [3.63, 3.8) is 0 Å². The Morgan fingerprint density at radius 3 is 1.13 bits per heavy atom. The van der Waals surface area contributed by atoms with Crippen molar-refractivity contribution in [2.24, 2.45) is 4.99 Å². The number of nitrogens with one attached hydrogen (secondary N) is 2. The second kappa shape index (κ2) is 46.9. The highest BCUT2D eigenvalue weighted by Crippen LogP contribution is 2.06. The van der Waals surface area contributed by atoms with Crippen LogP contribution in [0.3, 0.4) is 0 Å². The third kappa shape index (κ3) is 40.4. The van der Waals surface area contributed by atoms with E-state index in [0.717, 1.165) is 73.0 Å². The minimum atomic E-state index is 0.792. The highest BCUT2D eigenvalue weighted by atomic mass is 32.1. The Kier molecular flexibility index (Phi) is 47.6. The molecule has 0 saturated heterocycles. The highest BCUT2D eigenvalue weighted by Gasteiger charge is 1.95.